The third kappa shape index (κ3) is 10.9. The van der Waals surface area contributed by atoms with Gasteiger partial charge in [-0.1, -0.05) is 54.2 Å². The number of rotatable bonds is 13. The van der Waals surface area contributed by atoms with E-state index >= 15 is 0 Å². The van der Waals surface area contributed by atoms with Crippen LogP contribution in [0, 0.1) is 61.2 Å². The van der Waals surface area contributed by atoms with Crippen LogP contribution in [0.15, 0.2) is 60.7 Å². The van der Waals surface area contributed by atoms with Gasteiger partial charge in [0, 0.05) is 31.8 Å². The van der Waals surface area contributed by atoms with Crippen molar-refractivity contribution in [3.63, 3.8) is 0 Å². The number of terminal acetylenes is 4. The minimum Gasteiger partial charge on any atom is -0.453 e. The van der Waals surface area contributed by atoms with E-state index in [4.69, 9.17) is 54.6 Å². The van der Waals surface area contributed by atoms with Crippen LogP contribution >= 0.6 is 0 Å². The highest BCUT2D eigenvalue weighted by Gasteiger charge is 2.45. The van der Waals surface area contributed by atoms with Gasteiger partial charge in [0.05, 0.1) is 66.2 Å². The molecule has 7 rings (SSSR count). The molecule has 0 radical (unpaired) electrons. The molecule has 4 amide bonds. The SMILES string of the molecule is C#CC(C)[C@H](NC(=O)OC)C(=O)N1C[C@H](OC(C)(C)C)C[C@H]1c1nc2ccc(-c3ccc(-c4ccc5nc([C@@H]6C[C@@H](OC(C)(C)C#C)CN6C(=O)[C@@H](NC(=O)OC)C(C#C)C#C)[nH]c5c4)cc3)cc2[nH]1. The quantitative estimate of drug-likeness (QED) is 0.0903. The summed E-state index contributed by atoms with van der Waals surface area (Å²) in [6, 6.07) is 16.6. The second-order valence-electron chi connectivity index (χ2n) is 19.0. The molecular weight excluding hydrogens is 889 g/mol. The monoisotopic (exact) mass is 946 g/mol. The van der Waals surface area contributed by atoms with E-state index in [1.54, 1.807) is 30.6 Å². The van der Waals surface area contributed by atoms with Crippen molar-refractivity contribution in [2.45, 2.75) is 102 Å². The zero-order valence-corrected chi connectivity index (χ0v) is 40.6. The third-order valence-corrected chi connectivity index (χ3v) is 12.5. The van der Waals surface area contributed by atoms with Gasteiger partial charge in [-0.2, -0.15) is 0 Å². The van der Waals surface area contributed by atoms with Crippen LogP contribution in [0.5, 0.6) is 0 Å². The predicted molar refractivity (Wildman–Crippen MR) is 265 cm³/mol. The number of H-pyrrole nitrogens is 2. The first-order valence-electron chi connectivity index (χ1n) is 22.9. The van der Waals surface area contributed by atoms with E-state index in [-0.39, 0.29) is 25.1 Å². The number of likely N-dealkylation sites (tertiary alicyclic amines) is 2. The Morgan fingerprint density at radius 3 is 1.50 bits per heavy atom. The number of fused-ring (bicyclic) bond motifs is 2. The number of carbonyl (C=O) groups excluding carboxylic acids is 4. The molecule has 16 nitrogen and oxygen atoms in total. The van der Waals surface area contributed by atoms with Crippen LogP contribution in [-0.4, -0.2) is 117 Å². The number of nitrogens with zero attached hydrogens (tertiary/aromatic N) is 4. The van der Waals surface area contributed by atoms with Gasteiger partial charge in [0.2, 0.25) is 11.8 Å². The van der Waals surface area contributed by atoms with Gasteiger partial charge >= 0.3 is 12.2 Å². The van der Waals surface area contributed by atoms with Crippen LogP contribution in [0.4, 0.5) is 9.59 Å². The molecule has 4 N–H and O–H groups in total. The van der Waals surface area contributed by atoms with Crippen LogP contribution in [0.25, 0.3) is 44.3 Å². The maximum absolute atomic E-state index is 14.3. The van der Waals surface area contributed by atoms with Crippen molar-refractivity contribution in [2.75, 3.05) is 27.3 Å². The lowest BCUT2D eigenvalue weighted by molar-refractivity contribution is -0.136. The van der Waals surface area contributed by atoms with Crippen molar-refractivity contribution < 1.29 is 38.1 Å². The van der Waals surface area contributed by atoms with E-state index in [9.17, 15) is 19.2 Å². The molecule has 16 heteroatoms. The Labute approximate surface area is 408 Å². The van der Waals surface area contributed by atoms with Gasteiger partial charge in [0.1, 0.15) is 35.3 Å². The number of amides is 4. The lowest BCUT2D eigenvalue weighted by Crippen LogP contribution is -2.52. The van der Waals surface area contributed by atoms with Crippen molar-refractivity contribution in [2.24, 2.45) is 11.8 Å². The minimum atomic E-state index is -1.27. The molecular formula is C54H58N8O8. The van der Waals surface area contributed by atoms with E-state index in [0.717, 1.165) is 38.8 Å². The number of aromatic amines is 2. The Hall–Kier alpha value is -7.76. The van der Waals surface area contributed by atoms with Gasteiger partial charge in [-0.15, -0.1) is 31.6 Å². The maximum Gasteiger partial charge on any atom is 0.407 e. The summed E-state index contributed by atoms with van der Waals surface area (Å²) < 4.78 is 22.2. The van der Waals surface area contributed by atoms with Gasteiger partial charge in [-0.3, -0.25) is 9.59 Å². The molecule has 70 heavy (non-hydrogen) atoms. The topological polar surface area (TPSA) is 193 Å². The Morgan fingerprint density at radius 2 is 1.09 bits per heavy atom. The van der Waals surface area contributed by atoms with Crippen molar-refractivity contribution >= 4 is 46.1 Å². The minimum absolute atomic E-state index is 0.137. The summed E-state index contributed by atoms with van der Waals surface area (Å²) in [4.78, 5) is 73.1. The van der Waals surface area contributed by atoms with Gasteiger partial charge in [-0.05, 0) is 88.1 Å². The molecule has 3 aromatic carbocycles. The molecule has 2 aliphatic rings. The smallest absolute Gasteiger partial charge is 0.407 e. The summed E-state index contributed by atoms with van der Waals surface area (Å²) >= 11 is 0. The Morgan fingerprint density at radius 1 is 0.657 bits per heavy atom. The molecule has 2 saturated heterocycles. The van der Waals surface area contributed by atoms with Gasteiger partial charge in [-0.25, -0.2) is 19.6 Å². The van der Waals surface area contributed by atoms with Crippen molar-refractivity contribution in [3.05, 3.63) is 72.3 Å². The highest BCUT2D eigenvalue weighted by molar-refractivity contribution is 5.89. The largest absolute Gasteiger partial charge is 0.453 e. The second kappa shape index (κ2) is 20.5. The van der Waals surface area contributed by atoms with Crippen LogP contribution in [0.2, 0.25) is 0 Å². The average molecular weight is 947 g/mol. The number of hydrogen-bond donors (Lipinski definition) is 4. The average Bonchev–Trinajstić information content (AvgIpc) is 4.16. The number of carbonyl (C=O) groups is 4. The molecule has 0 bridgehead atoms. The number of imidazole rings is 2. The predicted octanol–water partition coefficient (Wildman–Crippen LogP) is 6.90. The molecule has 362 valence electrons. The van der Waals surface area contributed by atoms with Crippen molar-refractivity contribution in [1.29, 1.82) is 0 Å². The number of benzene rings is 3. The zero-order chi connectivity index (χ0) is 50.7. The molecule has 4 heterocycles. The summed E-state index contributed by atoms with van der Waals surface area (Å²) in [6.45, 7) is 11.6. The standard InChI is InChI=1S/C54H58N8O8/c1-13-31(5)45(59-51(65)67-11)49(63)61-29-37(69-53(6,7)8)27-43(61)47-55-39-23-21-35(25-41(39)57-47)33-17-19-34(20-18-33)36-22-24-40-42(26-36)58-48(56-40)44-28-38(70-54(9,10)16-4)30-62(44)50(64)46(32(14-2)15-3)60-52(66)68-12/h1-4,17-26,31-32,37-38,43-46H,27-30H2,5-12H3,(H,55,57)(H,56,58)(H,59,65)(H,60,66)/t31?,37-,38-,43+,44+,45+,46+/m1/s1. The van der Waals surface area contributed by atoms with Crippen molar-refractivity contribution in [1.82, 2.24) is 40.4 Å². The molecule has 5 aromatic rings. The van der Waals surface area contributed by atoms with Crippen LogP contribution in [0.3, 0.4) is 0 Å². The molecule has 2 fully saturated rings. The summed E-state index contributed by atoms with van der Waals surface area (Å²) in [5.41, 5.74) is 5.35. The van der Waals surface area contributed by atoms with E-state index in [0.29, 0.717) is 30.0 Å². The van der Waals surface area contributed by atoms with E-state index in [1.165, 1.54) is 14.2 Å². The lowest BCUT2D eigenvalue weighted by Gasteiger charge is -2.29. The highest BCUT2D eigenvalue weighted by Crippen LogP contribution is 2.39. The summed E-state index contributed by atoms with van der Waals surface area (Å²) in [5, 5.41) is 5.15. The van der Waals surface area contributed by atoms with Gasteiger partial charge in [0.25, 0.3) is 0 Å². The van der Waals surface area contributed by atoms with Crippen LogP contribution < -0.4 is 10.6 Å². The number of nitrogens with one attached hydrogen (secondary N) is 4. The first-order valence-corrected chi connectivity index (χ1v) is 22.9. The van der Waals surface area contributed by atoms with E-state index in [1.807, 2.05) is 81.4 Å². The fourth-order valence-corrected chi connectivity index (χ4v) is 9.06. The molecule has 2 aromatic heterocycles. The fourth-order valence-electron chi connectivity index (χ4n) is 9.06. The number of alkyl carbamates (subject to hydrolysis) is 2. The number of hydrogen-bond acceptors (Lipinski definition) is 10. The normalized spacial score (nSPS) is 19.4. The Kier molecular flexibility index (Phi) is 14.6. The number of methoxy groups -OCH3 is 2. The fraction of sp³-hybridized carbons (Fsp3) is 0.407. The molecule has 1 unspecified atom stereocenters. The zero-order valence-electron chi connectivity index (χ0n) is 40.6. The molecule has 0 spiro atoms. The second-order valence-corrected chi connectivity index (χ2v) is 19.0. The molecule has 2 aliphatic heterocycles. The molecule has 0 saturated carbocycles. The highest BCUT2D eigenvalue weighted by atomic mass is 16.5. The van der Waals surface area contributed by atoms with Crippen LogP contribution in [0.1, 0.15) is 78.1 Å². The molecule has 0 aliphatic carbocycles. The van der Waals surface area contributed by atoms with E-state index < -0.39 is 71.4 Å². The van der Waals surface area contributed by atoms with Crippen molar-refractivity contribution in [3.8, 4) is 71.6 Å². The molecule has 7 atom stereocenters. The number of aromatic nitrogens is 4. The summed E-state index contributed by atoms with van der Waals surface area (Å²) in [5.74, 6) is 8.64. The van der Waals surface area contributed by atoms with Crippen LogP contribution in [-0.2, 0) is 28.5 Å². The van der Waals surface area contributed by atoms with Gasteiger partial charge in [0.15, 0.2) is 0 Å². The summed E-state index contributed by atoms with van der Waals surface area (Å²) in [6.07, 6.45) is 21.4. The maximum atomic E-state index is 14.3. The first kappa shape index (κ1) is 50.1. The Balaban J connectivity index is 1.13. The number of ether oxygens (including phenoxy) is 4. The van der Waals surface area contributed by atoms with Gasteiger partial charge < -0.3 is 49.3 Å². The third-order valence-electron chi connectivity index (χ3n) is 12.5. The first-order chi connectivity index (χ1) is 33.3. The summed E-state index contributed by atoms with van der Waals surface area (Å²) in [7, 11) is 2.42. The van der Waals surface area contributed by atoms with E-state index in [2.05, 4.69) is 44.3 Å². The lowest BCUT2D eigenvalue weighted by atomic mass is 10.00. The Bertz CT molecular complexity index is 2940.